The van der Waals surface area contributed by atoms with E-state index < -0.39 is 0 Å². The smallest absolute Gasteiger partial charge is 0.213 e. The number of rotatable bonds is 0. The van der Waals surface area contributed by atoms with Crippen LogP contribution in [0.1, 0.15) is 112 Å². The molecule has 11 aromatic rings. The molecule has 442 valence electrons. The van der Waals surface area contributed by atoms with Gasteiger partial charge in [0.25, 0.3) is 0 Å². The minimum absolute atomic E-state index is 0.623. The fourth-order valence-corrected chi connectivity index (χ4v) is 6.97. The minimum Gasteiger partial charge on any atom is -0.426 e. The van der Waals surface area contributed by atoms with Crippen molar-refractivity contribution in [3.8, 4) is 0 Å². The summed E-state index contributed by atoms with van der Waals surface area (Å²) in [6.45, 7) is 39.2. The molecule has 83 heavy (non-hydrogen) atoms. The molecule has 0 bridgehead atoms. The number of hydrogen-bond donors (Lipinski definition) is 0. The van der Waals surface area contributed by atoms with Gasteiger partial charge >= 0.3 is 0 Å². The maximum atomic E-state index is 4.86. The van der Waals surface area contributed by atoms with Gasteiger partial charge in [0.05, 0.1) is 22.6 Å². The van der Waals surface area contributed by atoms with Crippen LogP contribution in [-0.4, -0.2) is 85.0 Å². The Morgan fingerprint density at radius 1 is 0.410 bits per heavy atom. The van der Waals surface area contributed by atoms with Crippen LogP contribution in [-0.2, 0) is 14.1 Å². The first kappa shape index (κ1) is 72.1. The van der Waals surface area contributed by atoms with Gasteiger partial charge in [0.15, 0.2) is 0 Å². The van der Waals surface area contributed by atoms with Gasteiger partial charge in [0, 0.05) is 117 Å². The monoisotopic (exact) mass is 1150 g/mol. The van der Waals surface area contributed by atoms with E-state index in [0.29, 0.717) is 11.8 Å². The Kier molecular flexibility index (Phi) is 35.7. The lowest BCUT2D eigenvalue weighted by Crippen LogP contribution is -1.86. The van der Waals surface area contributed by atoms with Crippen LogP contribution in [0.15, 0.2) is 138 Å². The van der Waals surface area contributed by atoms with Gasteiger partial charge in [0.1, 0.15) is 23.7 Å². The largest absolute Gasteiger partial charge is 0.426 e. The quantitative estimate of drug-likeness (QED) is 0.137. The summed E-state index contributed by atoms with van der Waals surface area (Å²) < 4.78 is 13.0. The highest BCUT2D eigenvalue weighted by molar-refractivity contribution is 7.11. The van der Waals surface area contributed by atoms with Crippen LogP contribution in [0.4, 0.5) is 0 Å². The fraction of sp³-hybridized carbons (Fsp3) is 0.349. The average molecular weight is 1150 g/mol. The molecule has 0 N–H and O–H groups in total. The zero-order valence-corrected chi connectivity index (χ0v) is 53.8. The second-order valence-electron chi connectivity index (χ2n) is 19.1. The predicted molar refractivity (Wildman–Crippen MR) is 333 cm³/mol. The third kappa shape index (κ3) is 40.0. The lowest BCUT2D eigenvalue weighted by molar-refractivity contribution is 0.393. The van der Waals surface area contributed by atoms with Crippen molar-refractivity contribution in [1.29, 1.82) is 0 Å². The Balaban J connectivity index is 0.000000457. The van der Waals surface area contributed by atoms with Gasteiger partial charge in [-0.1, -0.05) is 51.8 Å². The molecule has 0 radical (unpaired) electrons. The number of benzene rings is 1. The van der Waals surface area contributed by atoms with Crippen molar-refractivity contribution in [3.05, 3.63) is 241 Å². The predicted octanol–water partition coefficient (Wildman–Crippen LogP) is 13.6. The summed E-state index contributed by atoms with van der Waals surface area (Å²) in [5, 5.41) is 23.3. The van der Waals surface area contributed by atoms with Gasteiger partial charge in [-0.3, -0.25) is 19.3 Å². The summed E-state index contributed by atoms with van der Waals surface area (Å²) in [6, 6.07) is 22.2. The Morgan fingerprint density at radius 3 is 1.13 bits per heavy atom. The Hall–Kier alpha value is -8.91. The summed E-state index contributed by atoms with van der Waals surface area (Å²) in [5.41, 5.74) is 14.7. The SMILES string of the molecule is Cc1cc(C)ncn1.Cc1cc(C)on1.Cc1cccc(C)c1.Cc1ccnc(C)c1.Cc1ccnc(C)n1.Cc1ccnc(C)n1.Cc1cn(C)nn1.Cc1cnc(C)s1.Cc1cncc(C)c1.Cc1cnn(C)c1.Cc1nnc(C)o1. The number of pyridine rings is 2. The van der Waals surface area contributed by atoms with E-state index in [1.54, 1.807) is 53.3 Å². The second kappa shape index (κ2) is 41.1. The molecule has 0 aliphatic carbocycles. The molecule has 0 atom stereocenters. The molecule has 0 aliphatic heterocycles. The zero-order valence-electron chi connectivity index (χ0n) is 53.0. The van der Waals surface area contributed by atoms with Crippen molar-refractivity contribution in [2.24, 2.45) is 14.1 Å². The van der Waals surface area contributed by atoms with E-state index in [0.717, 1.165) is 62.3 Å². The van der Waals surface area contributed by atoms with Crippen molar-refractivity contribution in [3.63, 3.8) is 0 Å². The van der Waals surface area contributed by atoms with E-state index in [1.165, 1.54) is 38.3 Å². The first-order chi connectivity index (χ1) is 39.2. The molecule has 0 amide bonds. The van der Waals surface area contributed by atoms with Crippen molar-refractivity contribution in [2.75, 3.05) is 0 Å². The third-order valence-corrected chi connectivity index (χ3v) is 10.5. The van der Waals surface area contributed by atoms with Crippen LogP contribution >= 0.6 is 11.3 Å². The number of thiazole rings is 1. The molecule has 0 saturated heterocycles. The maximum Gasteiger partial charge on any atom is 0.213 e. The second-order valence-corrected chi connectivity index (χ2v) is 20.5. The van der Waals surface area contributed by atoms with Crippen molar-refractivity contribution < 1.29 is 8.94 Å². The highest BCUT2D eigenvalue weighted by atomic mass is 32.1. The summed E-state index contributed by atoms with van der Waals surface area (Å²) in [7, 11) is 3.76. The number of aryl methyl sites for hydroxylation is 22. The molecular weight excluding hydrogens is 1060 g/mol. The van der Waals surface area contributed by atoms with Crippen LogP contribution in [0.25, 0.3) is 0 Å². The molecule has 11 rings (SSSR count). The first-order valence-corrected chi connectivity index (χ1v) is 27.4. The van der Waals surface area contributed by atoms with Gasteiger partial charge in [-0.2, -0.15) is 5.10 Å². The standard InChI is InChI=1S/C8H10.2C7H9N.3C6H8N2.C5H8N2.C5H7NO.C5H7NS.C4H7N3.C4H6N2O/c1-7-4-3-5-8(2)6-7;1-6-3-7(2)5-8-4-6;1-6-3-4-8-7(2)5-6;1-5-3-6(2)8-4-7-5;2*1-5-3-4-7-6(2)8-5;1-5-3-6-7(2)4-5;1-4-3-5(2)7-6-4;1-4-3-6-5(2)7-4;1-4-3-7(2)6-5-4;1-3-5-6-4(2)7-3/h3-6H,1-2H3;2*3-5H,1-2H3;3*3-4H,1-2H3;3-4H,1-2H3;3*3H,1-2H3;1-2H3. The fourth-order valence-electron chi connectivity index (χ4n) is 6.30. The van der Waals surface area contributed by atoms with Crippen LogP contribution in [0.2, 0.25) is 0 Å². The third-order valence-electron chi connectivity index (χ3n) is 9.67. The summed E-state index contributed by atoms with van der Waals surface area (Å²) >= 11 is 1.73. The molecule has 0 fully saturated rings. The van der Waals surface area contributed by atoms with Crippen molar-refractivity contribution >= 4 is 11.3 Å². The van der Waals surface area contributed by atoms with E-state index in [4.69, 9.17) is 8.94 Å². The average Bonchev–Trinajstić information content (AvgIpc) is 4.26. The number of nitrogens with zero attached hydrogens (tertiary/aromatic N) is 17. The zero-order chi connectivity index (χ0) is 62.3. The molecule has 0 saturated carbocycles. The van der Waals surface area contributed by atoms with Crippen LogP contribution < -0.4 is 0 Å². The van der Waals surface area contributed by atoms with Crippen molar-refractivity contribution in [2.45, 2.75) is 138 Å². The van der Waals surface area contributed by atoms with E-state index >= 15 is 0 Å². The Labute approximate surface area is 496 Å². The number of aromatic nitrogens is 17. The summed E-state index contributed by atoms with van der Waals surface area (Å²) in [5.74, 6) is 3.79. The van der Waals surface area contributed by atoms with Crippen LogP contribution in [0.3, 0.4) is 0 Å². The highest BCUT2D eigenvalue weighted by Gasteiger charge is 1.92. The topological polar surface area (TPSA) is 229 Å². The van der Waals surface area contributed by atoms with Crippen molar-refractivity contribution in [1.82, 2.24) is 85.0 Å². The van der Waals surface area contributed by atoms with Crippen LogP contribution in [0.5, 0.6) is 0 Å². The van der Waals surface area contributed by atoms with Gasteiger partial charge < -0.3 is 8.94 Å². The van der Waals surface area contributed by atoms with Gasteiger partial charge in [-0.05, 0) is 177 Å². The highest BCUT2D eigenvalue weighted by Crippen LogP contribution is 2.08. The normalized spacial score (nSPS) is 9.33. The Bertz CT molecular complexity index is 2710. The maximum absolute atomic E-state index is 4.86. The molecule has 10 aromatic heterocycles. The van der Waals surface area contributed by atoms with Crippen LogP contribution in [0, 0.1) is 138 Å². The lowest BCUT2D eigenvalue weighted by atomic mass is 10.2. The molecule has 0 spiro atoms. The molecule has 19 nitrogen and oxygen atoms in total. The summed E-state index contributed by atoms with van der Waals surface area (Å²) in [6.07, 6.45) is 18.2. The molecule has 20 heteroatoms. The summed E-state index contributed by atoms with van der Waals surface area (Å²) in [4.78, 5) is 37.2. The number of hydrogen-bond acceptors (Lipinski definition) is 18. The molecule has 0 aliphatic rings. The lowest BCUT2D eigenvalue weighted by Gasteiger charge is -1.90. The van der Waals surface area contributed by atoms with E-state index in [-0.39, 0.29) is 0 Å². The van der Waals surface area contributed by atoms with Gasteiger partial charge in [0.2, 0.25) is 11.8 Å². The van der Waals surface area contributed by atoms with Gasteiger partial charge in [-0.15, -0.1) is 26.6 Å². The van der Waals surface area contributed by atoms with E-state index in [2.05, 4.69) is 140 Å². The van der Waals surface area contributed by atoms with Gasteiger partial charge in [-0.25, -0.2) is 34.9 Å². The first-order valence-electron chi connectivity index (χ1n) is 26.6. The van der Waals surface area contributed by atoms with E-state index in [1.807, 2.05) is 185 Å². The molecule has 0 unspecified atom stereocenters. The Morgan fingerprint density at radius 2 is 0.928 bits per heavy atom. The molecule has 10 heterocycles. The molecule has 1 aromatic carbocycles. The minimum atomic E-state index is 0.623. The van der Waals surface area contributed by atoms with E-state index in [9.17, 15) is 0 Å². The molecular formula is C63H87N17O2S.